The van der Waals surface area contributed by atoms with Crippen LogP contribution in [0.15, 0.2) is 0 Å². The van der Waals surface area contributed by atoms with Crippen LogP contribution in [0.5, 0.6) is 0 Å². The minimum absolute atomic E-state index is 0.666. The molecule has 0 amide bonds. The van der Waals surface area contributed by atoms with Crippen LogP contribution < -0.4 is 5.32 Å². The van der Waals surface area contributed by atoms with E-state index in [2.05, 4.69) is 30.9 Å². The smallest absolute Gasteiger partial charge is 0.0510 e. The Labute approximate surface area is 117 Å². The average Bonchev–Trinajstić information content (AvgIpc) is 2.88. The first-order valence-corrected chi connectivity index (χ1v) is 8.77. The molecule has 3 heteroatoms. The van der Waals surface area contributed by atoms with Gasteiger partial charge in [0.25, 0.3) is 0 Å². The van der Waals surface area contributed by atoms with Gasteiger partial charge in [-0.15, -0.1) is 0 Å². The molecule has 2 nitrogen and oxygen atoms in total. The molecule has 18 heavy (non-hydrogen) atoms. The van der Waals surface area contributed by atoms with E-state index in [9.17, 15) is 0 Å². The molecular weight excluding hydrogens is 242 g/mol. The van der Waals surface area contributed by atoms with Crippen LogP contribution in [0.1, 0.15) is 46.0 Å². The molecule has 106 valence electrons. The molecule has 0 radical (unpaired) electrons. The van der Waals surface area contributed by atoms with Gasteiger partial charge >= 0.3 is 0 Å². The summed E-state index contributed by atoms with van der Waals surface area (Å²) in [4.78, 5) is 0. The van der Waals surface area contributed by atoms with Gasteiger partial charge in [0.2, 0.25) is 0 Å². The third-order valence-electron chi connectivity index (χ3n) is 4.40. The molecular formula is C15H29NOS. The molecule has 1 saturated heterocycles. The van der Waals surface area contributed by atoms with Crippen molar-refractivity contribution in [3.63, 3.8) is 0 Å². The molecule has 0 aromatic rings. The molecule has 2 rings (SSSR count). The van der Waals surface area contributed by atoms with E-state index in [1.54, 1.807) is 0 Å². The van der Waals surface area contributed by atoms with E-state index in [4.69, 9.17) is 4.74 Å². The molecule has 1 aliphatic carbocycles. The van der Waals surface area contributed by atoms with Gasteiger partial charge in [-0.1, -0.05) is 26.7 Å². The van der Waals surface area contributed by atoms with Gasteiger partial charge in [0.05, 0.1) is 6.61 Å². The van der Waals surface area contributed by atoms with Gasteiger partial charge < -0.3 is 10.1 Å². The Morgan fingerprint density at radius 2 is 2.22 bits per heavy atom. The number of hydrogen-bond acceptors (Lipinski definition) is 3. The summed E-state index contributed by atoms with van der Waals surface area (Å²) in [5.74, 6) is 2.97. The molecule has 4 unspecified atom stereocenters. The molecule has 1 N–H and O–H groups in total. The number of rotatable bonds is 6. The summed E-state index contributed by atoms with van der Waals surface area (Å²) in [6.07, 6.45) is 7.01. The topological polar surface area (TPSA) is 21.3 Å². The molecule has 4 atom stereocenters. The molecule has 0 aromatic heterocycles. The van der Waals surface area contributed by atoms with Crippen LogP contribution in [0.25, 0.3) is 0 Å². The SMILES string of the molecule is CCNC(CSC1CCCC(C)C1)C1CCOC1. The highest BCUT2D eigenvalue weighted by Gasteiger charge is 2.27. The van der Waals surface area contributed by atoms with Gasteiger partial charge in [0.15, 0.2) is 0 Å². The summed E-state index contributed by atoms with van der Waals surface area (Å²) in [6.45, 7) is 7.66. The van der Waals surface area contributed by atoms with Crippen molar-refractivity contribution >= 4 is 11.8 Å². The van der Waals surface area contributed by atoms with Crippen LogP contribution in [0.2, 0.25) is 0 Å². The Bertz CT molecular complexity index is 231. The van der Waals surface area contributed by atoms with Crippen molar-refractivity contribution in [1.82, 2.24) is 5.32 Å². The number of hydrogen-bond donors (Lipinski definition) is 1. The highest BCUT2D eigenvalue weighted by Crippen LogP contribution is 2.33. The van der Waals surface area contributed by atoms with Crippen molar-refractivity contribution in [1.29, 1.82) is 0 Å². The highest BCUT2D eigenvalue weighted by atomic mass is 32.2. The number of ether oxygens (including phenoxy) is 1. The van der Waals surface area contributed by atoms with Crippen molar-refractivity contribution < 1.29 is 4.74 Å². The largest absolute Gasteiger partial charge is 0.381 e. The average molecular weight is 271 g/mol. The first kappa shape index (κ1) is 14.7. The molecule has 2 aliphatic rings. The van der Waals surface area contributed by atoms with Crippen LogP contribution in [0, 0.1) is 11.8 Å². The van der Waals surface area contributed by atoms with Crippen molar-refractivity contribution in [2.45, 2.75) is 57.2 Å². The summed E-state index contributed by atoms with van der Waals surface area (Å²) in [6, 6.07) is 0.666. The zero-order valence-corrected chi connectivity index (χ0v) is 12.8. The molecule has 0 spiro atoms. The van der Waals surface area contributed by atoms with Crippen LogP contribution in [0.4, 0.5) is 0 Å². The second-order valence-corrected chi connectivity index (χ2v) is 7.35. The first-order chi connectivity index (χ1) is 8.79. The second kappa shape index (κ2) is 7.76. The van der Waals surface area contributed by atoms with Crippen LogP contribution >= 0.6 is 11.8 Å². The van der Waals surface area contributed by atoms with E-state index in [0.717, 1.165) is 36.8 Å². The van der Waals surface area contributed by atoms with E-state index in [1.165, 1.54) is 37.9 Å². The lowest BCUT2D eigenvalue weighted by Gasteiger charge is -2.29. The summed E-state index contributed by atoms with van der Waals surface area (Å²) in [5, 5.41) is 4.59. The fourth-order valence-corrected chi connectivity index (χ4v) is 4.93. The Hall–Kier alpha value is 0.270. The Kier molecular flexibility index (Phi) is 6.33. The standard InChI is InChI=1S/C15H29NOS/c1-3-16-15(13-7-8-17-10-13)11-18-14-6-4-5-12(2)9-14/h12-16H,3-11H2,1-2H3. The summed E-state index contributed by atoms with van der Waals surface area (Å²) in [5.41, 5.74) is 0. The maximum Gasteiger partial charge on any atom is 0.0510 e. The van der Waals surface area contributed by atoms with Crippen molar-refractivity contribution in [2.24, 2.45) is 11.8 Å². The Morgan fingerprint density at radius 1 is 1.33 bits per heavy atom. The molecule has 2 fully saturated rings. The van der Waals surface area contributed by atoms with Crippen molar-refractivity contribution in [3.05, 3.63) is 0 Å². The predicted molar refractivity (Wildman–Crippen MR) is 80.3 cm³/mol. The van der Waals surface area contributed by atoms with E-state index in [1.807, 2.05) is 0 Å². The first-order valence-electron chi connectivity index (χ1n) is 7.72. The van der Waals surface area contributed by atoms with Gasteiger partial charge in [-0.2, -0.15) is 11.8 Å². The van der Waals surface area contributed by atoms with Crippen LogP contribution in [-0.4, -0.2) is 36.8 Å². The number of nitrogens with one attached hydrogen (secondary N) is 1. The van der Waals surface area contributed by atoms with E-state index >= 15 is 0 Å². The van der Waals surface area contributed by atoms with Gasteiger partial charge in [-0.05, 0) is 31.7 Å². The van der Waals surface area contributed by atoms with Crippen LogP contribution in [-0.2, 0) is 4.74 Å². The minimum atomic E-state index is 0.666. The Balaban J connectivity index is 1.74. The summed E-state index contributed by atoms with van der Waals surface area (Å²) >= 11 is 2.22. The normalized spacial score (nSPS) is 34.7. The molecule has 1 heterocycles. The van der Waals surface area contributed by atoms with Crippen molar-refractivity contribution in [2.75, 3.05) is 25.5 Å². The molecule has 1 saturated carbocycles. The lowest BCUT2D eigenvalue weighted by Crippen LogP contribution is -2.39. The monoisotopic (exact) mass is 271 g/mol. The quantitative estimate of drug-likeness (QED) is 0.801. The minimum Gasteiger partial charge on any atom is -0.381 e. The highest BCUT2D eigenvalue weighted by molar-refractivity contribution is 7.99. The maximum absolute atomic E-state index is 5.54. The summed E-state index contributed by atoms with van der Waals surface area (Å²) in [7, 11) is 0. The van der Waals surface area contributed by atoms with Crippen molar-refractivity contribution in [3.8, 4) is 0 Å². The van der Waals surface area contributed by atoms with Gasteiger partial charge in [-0.3, -0.25) is 0 Å². The molecule has 0 bridgehead atoms. The van der Waals surface area contributed by atoms with E-state index in [0.29, 0.717) is 6.04 Å². The third-order valence-corrected chi connectivity index (χ3v) is 5.85. The maximum atomic E-state index is 5.54. The van der Waals surface area contributed by atoms with Gasteiger partial charge in [-0.25, -0.2) is 0 Å². The van der Waals surface area contributed by atoms with Gasteiger partial charge in [0, 0.05) is 29.6 Å². The Morgan fingerprint density at radius 3 is 2.89 bits per heavy atom. The summed E-state index contributed by atoms with van der Waals surface area (Å²) < 4.78 is 5.54. The molecule has 0 aromatic carbocycles. The van der Waals surface area contributed by atoms with E-state index < -0.39 is 0 Å². The zero-order chi connectivity index (χ0) is 12.8. The fraction of sp³-hybridized carbons (Fsp3) is 1.00. The lowest BCUT2D eigenvalue weighted by atomic mass is 9.91. The zero-order valence-electron chi connectivity index (χ0n) is 12.0. The lowest BCUT2D eigenvalue weighted by molar-refractivity contribution is 0.179. The third kappa shape index (κ3) is 4.43. The fourth-order valence-electron chi connectivity index (χ4n) is 3.26. The predicted octanol–water partition coefficient (Wildman–Crippen LogP) is 3.31. The second-order valence-electron chi connectivity index (χ2n) is 6.01. The van der Waals surface area contributed by atoms with Crippen LogP contribution in [0.3, 0.4) is 0 Å². The van der Waals surface area contributed by atoms with E-state index in [-0.39, 0.29) is 0 Å². The number of thioether (sulfide) groups is 1. The van der Waals surface area contributed by atoms with Gasteiger partial charge in [0.1, 0.15) is 0 Å². The molecule has 1 aliphatic heterocycles.